The van der Waals surface area contributed by atoms with E-state index >= 15 is 0 Å². The zero-order chi connectivity index (χ0) is 17.3. The number of rotatable bonds is 2. The van der Waals surface area contributed by atoms with Crippen molar-refractivity contribution in [1.29, 1.82) is 0 Å². The summed E-state index contributed by atoms with van der Waals surface area (Å²) in [5.74, 6) is -1.24. The Bertz CT molecular complexity index is 745. The number of hydrogen-bond donors (Lipinski definition) is 0. The summed E-state index contributed by atoms with van der Waals surface area (Å²) in [4.78, 5) is 26.0. The second kappa shape index (κ2) is 6.40. The molecule has 0 unspecified atom stereocenters. The number of methoxy groups -OCH3 is 1. The van der Waals surface area contributed by atoms with Crippen LogP contribution in [0.15, 0.2) is 60.7 Å². The Labute approximate surface area is 146 Å². The van der Waals surface area contributed by atoms with E-state index in [0.717, 1.165) is 11.1 Å². The van der Waals surface area contributed by atoms with Gasteiger partial charge in [0.1, 0.15) is 11.2 Å². The number of ketones is 1. The van der Waals surface area contributed by atoms with Gasteiger partial charge in [0.05, 0.1) is 13.0 Å². The summed E-state index contributed by atoms with van der Waals surface area (Å²) < 4.78 is 5.14. The summed E-state index contributed by atoms with van der Waals surface area (Å²) >= 11 is 6.01. The van der Waals surface area contributed by atoms with Crippen molar-refractivity contribution in [2.75, 3.05) is 7.11 Å². The molecule has 4 heteroatoms. The van der Waals surface area contributed by atoms with E-state index in [9.17, 15) is 9.59 Å². The lowest BCUT2D eigenvalue weighted by atomic mass is 9.66. The van der Waals surface area contributed by atoms with Crippen LogP contribution >= 0.6 is 11.6 Å². The summed E-state index contributed by atoms with van der Waals surface area (Å²) in [5, 5.41) is 0.577. The standard InChI is InChI=1S/C20H19ClO3/c1-13-11-14-5-3-4-6-17(18(14)22)20(12-13,19(23)24-2)15-7-9-16(21)10-8-15/h3-10,14,17H,1,11-12H2,2H3/t14-,17-,20-/m0/s1. The van der Waals surface area contributed by atoms with Crippen LogP contribution < -0.4 is 0 Å². The van der Waals surface area contributed by atoms with Crippen molar-refractivity contribution in [3.05, 3.63) is 71.3 Å². The molecular formula is C20H19ClO3. The van der Waals surface area contributed by atoms with Gasteiger partial charge in [-0.2, -0.15) is 0 Å². The molecular weight excluding hydrogens is 324 g/mol. The molecule has 2 aliphatic carbocycles. The molecule has 0 radical (unpaired) electrons. The Morgan fingerprint density at radius 1 is 1.25 bits per heavy atom. The number of allylic oxidation sites excluding steroid dienone is 5. The molecule has 2 aliphatic rings. The lowest BCUT2D eigenvalue weighted by molar-refractivity contribution is -0.151. The quantitative estimate of drug-likeness (QED) is 0.602. The molecule has 0 amide bonds. The first-order chi connectivity index (χ1) is 11.5. The number of esters is 1. The third kappa shape index (κ3) is 2.63. The Balaban J connectivity index is 2.25. The van der Waals surface area contributed by atoms with Gasteiger partial charge >= 0.3 is 5.97 Å². The number of hydrogen-bond acceptors (Lipinski definition) is 3. The molecule has 2 bridgehead atoms. The SMILES string of the molecule is C=C1C[C@@H]2C=CC=C[C@@H](C2=O)[C@@](C(=O)OC)(c2ccc(Cl)cc2)C1. The fourth-order valence-corrected chi connectivity index (χ4v) is 3.91. The summed E-state index contributed by atoms with van der Waals surface area (Å²) in [7, 11) is 1.36. The molecule has 0 saturated heterocycles. The molecule has 0 heterocycles. The third-order valence-electron chi connectivity index (χ3n) is 4.91. The van der Waals surface area contributed by atoms with Crippen LogP contribution in [0.4, 0.5) is 0 Å². The molecule has 1 aromatic carbocycles. The molecule has 1 fully saturated rings. The molecule has 3 nitrogen and oxygen atoms in total. The normalized spacial score (nSPS) is 29.1. The highest BCUT2D eigenvalue weighted by atomic mass is 35.5. The molecule has 0 N–H and O–H groups in total. The molecule has 3 rings (SSSR count). The fourth-order valence-electron chi connectivity index (χ4n) is 3.79. The van der Waals surface area contributed by atoms with Crippen LogP contribution in [0.5, 0.6) is 0 Å². The number of carbonyl (C=O) groups excluding carboxylic acids is 2. The topological polar surface area (TPSA) is 43.4 Å². The summed E-state index contributed by atoms with van der Waals surface area (Å²) in [6, 6.07) is 7.06. The zero-order valence-corrected chi connectivity index (χ0v) is 14.3. The summed E-state index contributed by atoms with van der Waals surface area (Å²) in [6.45, 7) is 4.11. The Hall–Kier alpha value is -2.13. The summed E-state index contributed by atoms with van der Waals surface area (Å²) in [5.41, 5.74) is 0.492. The Morgan fingerprint density at radius 2 is 1.92 bits per heavy atom. The minimum absolute atomic E-state index is 0.0269. The maximum Gasteiger partial charge on any atom is 0.317 e. The Morgan fingerprint density at radius 3 is 2.58 bits per heavy atom. The van der Waals surface area contributed by atoms with E-state index in [1.807, 2.05) is 24.3 Å². The second-order valence-corrected chi connectivity index (χ2v) is 6.79. The van der Waals surface area contributed by atoms with E-state index in [0.29, 0.717) is 17.9 Å². The van der Waals surface area contributed by atoms with E-state index in [-0.39, 0.29) is 11.7 Å². The highest BCUT2D eigenvalue weighted by molar-refractivity contribution is 6.30. The molecule has 0 aromatic heterocycles. The van der Waals surface area contributed by atoms with Crippen molar-refractivity contribution in [3.8, 4) is 0 Å². The van der Waals surface area contributed by atoms with Gasteiger partial charge in [-0.25, -0.2) is 0 Å². The predicted molar refractivity (Wildman–Crippen MR) is 93.8 cm³/mol. The van der Waals surface area contributed by atoms with Crippen LogP contribution in [0.1, 0.15) is 18.4 Å². The van der Waals surface area contributed by atoms with Gasteiger partial charge in [-0.3, -0.25) is 9.59 Å². The highest BCUT2D eigenvalue weighted by Crippen LogP contribution is 2.46. The van der Waals surface area contributed by atoms with Gasteiger partial charge in [-0.15, -0.1) is 0 Å². The number of Topliss-reactive ketones (excluding diaryl/α,β-unsaturated/α-hetero) is 1. The van der Waals surface area contributed by atoms with Gasteiger partial charge in [0.15, 0.2) is 0 Å². The van der Waals surface area contributed by atoms with E-state index in [1.165, 1.54) is 7.11 Å². The van der Waals surface area contributed by atoms with E-state index in [4.69, 9.17) is 16.3 Å². The van der Waals surface area contributed by atoms with Crippen LogP contribution in [0.3, 0.4) is 0 Å². The maximum absolute atomic E-state index is 13.1. The minimum Gasteiger partial charge on any atom is -0.468 e. The maximum atomic E-state index is 13.1. The number of ether oxygens (including phenoxy) is 1. The van der Waals surface area contributed by atoms with Gasteiger partial charge in [0.25, 0.3) is 0 Å². The van der Waals surface area contributed by atoms with Crippen LogP contribution in [0.2, 0.25) is 5.02 Å². The smallest absolute Gasteiger partial charge is 0.317 e. The van der Waals surface area contributed by atoms with Crippen LogP contribution in [0, 0.1) is 11.8 Å². The molecule has 124 valence electrons. The van der Waals surface area contributed by atoms with E-state index in [2.05, 4.69) is 6.58 Å². The predicted octanol–water partition coefficient (Wildman–Crippen LogP) is 4.03. The van der Waals surface area contributed by atoms with Gasteiger partial charge in [0.2, 0.25) is 0 Å². The fraction of sp³-hybridized carbons (Fsp3) is 0.300. The molecule has 0 aliphatic heterocycles. The first kappa shape index (κ1) is 16.7. The average molecular weight is 343 g/mol. The molecule has 0 spiro atoms. The van der Waals surface area contributed by atoms with E-state index in [1.54, 1.807) is 24.3 Å². The molecule has 24 heavy (non-hydrogen) atoms. The van der Waals surface area contributed by atoms with Crippen molar-refractivity contribution < 1.29 is 14.3 Å². The monoisotopic (exact) mass is 342 g/mol. The second-order valence-electron chi connectivity index (χ2n) is 6.36. The van der Waals surface area contributed by atoms with Gasteiger partial charge in [0, 0.05) is 10.9 Å². The van der Waals surface area contributed by atoms with Crippen molar-refractivity contribution in [2.24, 2.45) is 11.8 Å². The van der Waals surface area contributed by atoms with Crippen molar-refractivity contribution >= 4 is 23.4 Å². The van der Waals surface area contributed by atoms with Crippen molar-refractivity contribution in [1.82, 2.24) is 0 Å². The minimum atomic E-state index is -1.11. The zero-order valence-electron chi connectivity index (χ0n) is 13.5. The molecule has 1 aromatic rings. The number of halogens is 1. The van der Waals surface area contributed by atoms with Crippen LogP contribution in [-0.4, -0.2) is 18.9 Å². The van der Waals surface area contributed by atoms with Gasteiger partial charge in [-0.1, -0.05) is 60.2 Å². The largest absolute Gasteiger partial charge is 0.468 e. The lowest BCUT2D eigenvalue weighted by Gasteiger charge is -2.35. The molecule has 1 saturated carbocycles. The summed E-state index contributed by atoms with van der Waals surface area (Å²) in [6.07, 6.45) is 8.34. The number of benzene rings is 1. The lowest BCUT2D eigenvalue weighted by Crippen LogP contribution is -2.46. The van der Waals surface area contributed by atoms with Crippen molar-refractivity contribution in [3.63, 3.8) is 0 Å². The number of carbonyl (C=O) groups is 2. The average Bonchev–Trinajstić information content (AvgIpc) is 2.81. The van der Waals surface area contributed by atoms with Gasteiger partial charge in [-0.05, 0) is 30.5 Å². The van der Waals surface area contributed by atoms with Crippen LogP contribution in [0.25, 0.3) is 0 Å². The van der Waals surface area contributed by atoms with Gasteiger partial charge < -0.3 is 4.74 Å². The van der Waals surface area contributed by atoms with E-state index < -0.39 is 17.3 Å². The number of fused-ring (bicyclic) bond motifs is 2. The first-order valence-electron chi connectivity index (χ1n) is 7.89. The Kier molecular flexibility index (Phi) is 4.46. The van der Waals surface area contributed by atoms with Crippen LogP contribution in [-0.2, 0) is 19.7 Å². The van der Waals surface area contributed by atoms with Crippen molar-refractivity contribution in [2.45, 2.75) is 18.3 Å². The third-order valence-corrected chi connectivity index (χ3v) is 5.16. The first-order valence-corrected chi connectivity index (χ1v) is 8.26. The highest BCUT2D eigenvalue weighted by Gasteiger charge is 2.53. The molecule has 3 atom stereocenters.